The molecule has 0 atom stereocenters. The molecule has 3 heterocycles. The zero-order valence-electron chi connectivity index (χ0n) is 16.8. The summed E-state index contributed by atoms with van der Waals surface area (Å²) >= 11 is 3.45. The number of fused-ring (bicyclic) bond motifs is 1. The van der Waals surface area contributed by atoms with E-state index in [1.54, 1.807) is 36.0 Å². The average molecular weight is 489 g/mol. The summed E-state index contributed by atoms with van der Waals surface area (Å²) in [5.41, 5.74) is 1.63. The molecule has 10 heteroatoms. The standard InChI is InChI=1S/C21H19BrF2N6O/c1-3-29-11-15(22)17(27-29)12-28(2)21(31)14-10-25-30-18(19(23)24)9-16(26-20(14)30)13-7-5-4-6-8-13/h4-11,19H,3,12H2,1-2H3. The van der Waals surface area contributed by atoms with Crippen LogP contribution in [0, 0.1) is 0 Å². The van der Waals surface area contributed by atoms with Crippen LogP contribution in [0.2, 0.25) is 0 Å². The third-order valence-corrected chi connectivity index (χ3v) is 5.53. The molecule has 0 aliphatic rings. The molecule has 0 bridgehead atoms. The number of alkyl halides is 2. The summed E-state index contributed by atoms with van der Waals surface area (Å²) in [6, 6.07) is 10.3. The molecule has 0 spiro atoms. The van der Waals surface area contributed by atoms with Crippen molar-refractivity contribution in [2.45, 2.75) is 26.4 Å². The van der Waals surface area contributed by atoms with Gasteiger partial charge in [0.25, 0.3) is 12.3 Å². The van der Waals surface area contributed by atoms with E-state index in [1.165, 1.54) is 17.2 Å². The van der Waals surface area contributed by atoms with Gasteiger partial charge in [0, 0.05) is 25.4 Å². The first-order chi connectivity index (χ1) is 14.9. The van der Waals surface area contributed by atoms with Gasteiger partial charge in [0.15, 0.2) is 5.65 Å². The Morgan fingerprint density at radius 1 is 1.26 bits per heavy atom. The van der Waals surface area contributed by atoms with Crippen LogP contribution in [0.15, 0.2) is 53.3 Å². The molecule has 31 heavy (non-hydrogen) atoms. The molecule has 0 aliphatic carbocycles. The lowest BCUT2D eigenvalue weighted by molar-refractivity contribution is 0.0784. The Bertz CT molecular complexity index is 1240. The average Bonchev–Trinajstić information content (AvgIpc) is 3.36. The largest absolute Gasteiger partial charge is 0.336 e. The van der Waals surface area contributed by atoms with Crippen LogP contribution in [0.1, 0.15) is 35.1 Å². The number of carbonyl (C=O) groups excluding carboxylic acids is 1. The van der Waals surface area contributed by atoms with Crippen LogP contribution >= 0.6 is 15.9 Å². The fourth-order valence-electron chi connectivity index (χ4n) is 3.26. The predicted molar refractivity (Wildman–Crippen MR) is 115 cm³/mol. The van der Waals surface area contributed by atoms with Gasteiger partial charge in [-0.2, -0.15) is 10.2 Å². The quantitative estimate of drug-likeness (QED) is 0.398. The van der Waals surface area contributed by atoms with E-state index in [-0.39, 0.29) is 29.4 Å². The van der Waals surface area contributed by atoms with Crippen LogP contribution in [0.3, 0.4) is 0 Å². The Morgan fingerprint density at radius 3 is 2.65 bits per heavy atom. The number of benzene rings is 1. The molecule has 0 radical (unpaired) electrons. The van der Waals surface area contributed by atoms with E-state index in [0.717, 1.165) is 8.99 Å². The molecular formula is C21H19BrF2N6O. The van der Waals surface area contributed by atoms with Crippen molar-refractivity contribution >= 4 is 27.5 Å². The minimum absolute atomic E-state index is 0.0895. The number of aryl methyl sites for hydroxylation is 1. The molecule has 1 aromatic carbocycles. The first-order valence-corrected chi connectivity index (χ1v) is 10.4. The van der Waals surface area contributed by atoms with Gasteiger partial charge in [0.1, 0.15) is 11.3 Å². The highest BCUT2D eigenvalue weighted by Gasteiger charge is 2.24. The van der Waals surface area contributed by atoms with Crippen molar-refractivity contribution in [1.82, 2.24) is 29.3 Å². The third-order valence-electron chi connectivity index (χ3n) is 4.87. The Hall–Kier alpha value is -3.14. The van der Waals surface area contributed by atoms with Gasteiger partial charge in [-0.1, -0.05) is 30.3 Å². The molecule has 4 aromatic rings. The summed E-state index contributed by atoms with van der Waals surface area (Å²) in [6.45, 7) is 2.91. The first kappa shape index (κ1) is 21.1. The van der Waals surface area contributed by atoms with E-state index in [2.05, 4.69) is 31.1 Å². The molecule has 160 valence electrons. The van der Waals surface area contributed by atoms with E-state index < -0.39 is 6.43 Å². The van der Waals surface area contributed by atoms with Crippen LogP contribution in [-0.4, -0.2) is 42.2 Å². The second-order valence-electron chi connectivity index (χ2n) is 6.97. The fraction of sp³-hybridized carbons (Fsp3) is 0.238. The number of hydrogen-bond acceptors (Lipinski definition) is 4. The Kier molecular flexibility index (Phi) is 5.81. The summed E-state index contributed by atoms with van der Waals surface area (Å²) in [6.07, 6.45) is 0.343. The van der Waals surface area contributed by atoms with Crippen LogP contribution in [-0.2, 0) is 13.1 Å². The van der Waals surface area contributed by atoms with Crippen LogP contribution < -0.4 is 0 Å². The lowest BCUT2D eigenvalue weighted by Gasteiger charge is -2.15. The highest BCUT2D eigenvalue weighted by molar-refractivity contribution is 9.10. The van der Waals surface area contributed by atoms with Gasteiger partial charge in [-0.05, 0) is 28.9 Å². The van der Waals surface area contributed by atoms with Crippen molar-refractivity contribution in [3.05, 3.63) is 70.2 Å². The lowest BCUT2D eigenvalue weighted by atomic mass is 10.1. The molecule has 0 aliphatic heterocycles. The molecule has 0 saturated heterocycles. The summed E-state index contributed by atoms with van der Waals surface area (Å²) in [5, 5.41) is 8.44. The van der Waals surface area contributed by atoms with E-state index in [0.29, 0.717) is 23.5 Å². The van der Waals surface area contributed by atoms with Gasteiger partial charge < -0.3 is 4.90 Å². The summed E-state index contributed by atoms with van der Waals surface area (Å²) in [5.74, 6) is -0.383. The van der Waals surface area contributed by atoms with Crippen LogP contribution in [0.5, 0.6) is 0 Å². The predicted octanol–water partition coefficient (Wildman–Crippen LogP) is 4.59. The topological polar surface area (TPSA) is 68.3 Å². The summed E-state index contributed by atoms with van der Waals surface area (Å²) < 4.78 is 31.0. The summed E-state index contributed by atoms with van der Waals surface area (Å²) in [7, 11) is 1.62. The zero-order chi connectivity index (χ0) is 22.1. The fourth-order valence-corrected chi connectivity index (χ4v) is 3.70. The van der Waals surface area contributed by atoms with Gasteiger partial charge in [0.05, 0.1) is 28.6 Å². The van der Waals surface area contributed by atoms with Gasteiger partial charge in [-0.25, -0.2) is 18.3 Å². The highest BCUT2D eigenvalue weighted by Crippen LogP contribution is 2.27. The third kappa shape index (κ3) is 4.07. The molecule has 0 saturated carbocycles. The minimum atomic E-state index is -2.78. The maximum Gasteiger partial charge on any atom is 0.280 e. The number of amides is 1. The second-order valence-corrected chi connectivity index (χ2v) is 7.82. The number of halogens is 3. The van der Waals surface area contributed by atoms with Crippen molar-refractivity contribution in [2.75, 3.05) is 7.05 Å². The van der Waals surface area contributed by atoms with Crippen molar-refractivity contribution in [3.63, 3.8) is 0 Å². The van der Waals surface area contributed by atoms with Gasteiger partial charge in [-0.15, -0.1) is 0 Å². The van der Waals surface area contributed by atoms with Gasteiger partial charge >= 0.3 is 0 Å². The summed E-state index contributed by atoms with van der Waals surface area (Å²) in [4.78, 5) is 19.1. The van der Waals surface area contributed by atoms with Crippen molar-refractivity contribution in [3.8, 4) is 11.3 Å². The van der Waals surface area contributed by atoms with Crippen molar-refractivity contribution in [2.24, 2.45) is 0 Å². The van der Waals surface area contributed by atoms with Crippen molar-refractivity contribution in [1.29, 1.82) is 0 Å². The zero-order valence-corrected chi connectivity index (χ0v) is 18.4. The number of aromatic nitrogens is 5. The second kappa shape index (κ2) is 8.54. The van der Waals surface area contributed by atoms with Gasteiger partial charge in [0.2, 0.25) is 0 Å². The smallest absolute Gasteiger partial charge is 0.280 e. The number of hydrogen-bond donors (Lipinski definition) is 0. The maximum atomic E-state index is 13.7. The van der Waals surface area contributed by atoms with Crippen molar-refractivity contribution < 1.29 is 13.6 Å². The minimum Gasteiger partial charge on any atom is -0.336 e. The molecule has 3 aromatic heterocycles. The molecular weight excluding hydrogens is 470 g/mol. The van der Waals surface area contributed by atoms with E-state index in [9.17, 15) is 13.6 Å². The molecule has 4 rings (SSSR count). The molecule has 0 unspecified atom stereocenters. The lowest BCUT2D eigenvalue weighted by Crippen LogP contribution is -2.26. The first-order valence-electron chi connectivity index (χ1n) is 9.58. The number of nitrogens with zero attached hydrogens (tertiary/aromatic N) is 6. The Balaban J connectivity index is 1.73. The Labute approximate surface area is 185 Å². The van der Waals surface area contributed by atoms with Crippen LogP contribution in [0.25, 0.3) is 16.9 Å². The van der Waals surface area contributed by atoms with Crippen LogP contribution in [0.4, 0.5) is 8.78 Å². The molecule has 1 amide bonds. The number of rotatable bonds is 6. The van der Waals surface area contributed by atoms with E-state index in [4.69, 9.17) is 0 Å². The maximum absolute atomic E-state index is 13.7. The SMILES string of the molecule is CCn1cc(Br)c(CN(C)C(=O)c2cnn3c(C(F)F)cc(-c4ccccc4)nc23)n1. The van der Waals surface area contributed by atoms with E-state index >= 15 is 0 Å². The Morgan fingerprint density at radius 2 is 2.00 bits per heavy atom. The molecule has 7 nitrogen and oxygen atoms in total. The molecule has 0 N–H and O–H groups in total. The monoisotopic (exact) mass is 488 g/mol. The highest BCUT2D eigenvalue weighted by atomic mass is 79.9. The van der Waals surface area contributed by atoms with E-state index in [1.807, 2.05) is 19.2 Å². The van der Waals surface area contributed by atoms with Gasteiger partial charge in [-0.3, -0.25) is 9.48 Å². The normalized spacial score (nSPS) is 11.4. The molecule has 0 fully saturated rings. The number of carbonyl (C=O) groups is 1.